The van der Waals surface area contributed by atoms with Crippen molar-refractivity contribution in [3.63, 3.8) is 0 Å². The summed E-state index contributed by atoms with van der Waals surface area (Å²) >= 11 is 0. The molecule has 4 heteroatoms. The molecule has 0 aromatic heterocycles. The standard InChI is InChI=1S/C12H15F2NO/c1-15-8-11-9-4-2-3-5-10(9)12(13,14)6-7-16-11/h2-5,11,15H,6-8H2,1H3/t11-/m0/s1. The van der Waals surface area contributed by atoms with Crippen LogP contribution >= 0.6 is 0 Å². The Hall–Kier alpha value is -1.00. The number of ether oxygens (including phenoxy) is 1. The Balaban J connectivity index is 2.42. The molecule has 0 saturated heterocycles. The van der Waals surface area contributed by atoms with Gasteiger partial charge in [0, 0.05) is 18.5 Å². The molecule has 1 aliphatic heterocycles. The summed E-state index contributed by atoms with van der Waals surface area (Å²) in [4.78, 5) is 0. The fourth-order valence-corrected chi connectivity index (χ4v) is 2.02. The Labute approximate surface area is 93.6 Å². The largest absolute Gasteiger partial charge is 0.372 e. The van der Waals surface area contributed by atoms with Gasteiger partial charge in [0.05, 0.1) is 12.7 Å². The molecular weight excluding hydrogens is 212 g/mol. The Kier molecular flexibility index (Phi) is 3.21. The molecule has 1 aromatic carbocycles. The van der Waals surface area contributed by atoms with Gasteiger partial charge in [0.2, 0.25) is 0 Å². The first-order valence-corrected chi connectivity index (χ1v) is 5.38. The maximum atomic E-state index is 13.8. The van der Waals surface area contributed by atoms with Crippen LogP contribution in [-0.2, 0) is 10.7 Å². The van der Waals surface area contributed by atoms with Crippen molar-refractivity contribution < 1.29 is 13.5 Å². The van der Waals surface area contributed by atoms with E-state index in [0.717, 1.165) is 0 Å². The zero-order valence-electron chi connectivity index (χ0n) is 9.17. The molecule has 0 aliphatic carbocycles. The first kappa shape index (κ1) is 11.5. The summed E-state index contributed by atoms with van der Waals surface area (Å²) in [5, 5.41) is 2.96. The number of likely N-dealkylation sites (N-methyl/N-ethyl adjacent to an activating group) is 1. The lowest BCUT2D eigenvalue weighted by molar-refractivity contribution is -0.0366. The van der Waals surface area contributed by atoms with Gasteiger partial charge >= 0.3 is 0 Å². The van der Waals surface area contributed by atoms with E-state index in [9.17, 15) is 8.78 Å². The molecule has 16 heavy (non-hydrogen) atoms. The zero-order valence-corrected chi connectivity index (χ0v) is 9.17. The van der Waals surface area contributed by atoms with Crippen LogP contribution in [0, 0.1) is 0 Å². The minimum Gasteiger partial charge on any atom is -0.372 e. The van der Waals surface area contributed by atoms with Crippen molar-refractivity contribution in [2.24, 2.45) is 0 Å². The molecule has 88 valence electrons. The second kappa shape index (κ2) is 4.47. The Morgan fingerprint density at radius 3 is 2.94 bits per heavy atom. The number of hydrogen-bond donors (Lipinski definition) is 1. The van der Waals surface area contributed by atoms with E-state index in [2.05, 4.69) is 5.32 Å². The Morgan fingerprint density at radius 2 is 2.19 bits per heavy atom. The molecule has 1 aliphatic rings. The molecule has 2 rings (SSSR count). The number of alkyl halides is 2. The molecule has 0 fully saturated rings. The lowest BCUT2D eigenvalue weighted by atomic mass is 9.97. The zero-order chi connectivity index (χ0) is 11.6. The summed E-state index contributed by atoms with van der Waals surface area (Å²) in [5.41, 5.74) is 0.701. The van der Waals surface area contributed by atoms with Crippen molar-refractivity contribution >= 4 is 0 Å². The average molecular weight is 227 g/mol. The minimum atomic E-state index is -2.78. The SMILES string of the molecule is CNC[C@@H]1OCCC(F)(F)c2ccccc21. The Bertz CT molecular complexity index is 368. The van der Waals surface area contributed by atoms with Gasteiger partial charge in [-0.05, 0) is 12.6 Å². The fraction of sp³-hybridized carbons (Fsp3) is 0.500. The van der Waals surface area contributed by atoms with Gasteiger partial charge in [0.15, 0.2) is 0 Å². The minimum absolute atomic E-state index is 0.0913. The third-order valence-electron chi connectivity index (χ3n) is 2.83. The quantitative estimate of drug-likeness (QED) is 0.838. The van der Waals surface area contributed by atoms with Crippen LogP contribution in [0.1, 0.15) is 23.7 Å². The van der Waals surface area contributed by atoms with Gasteiger partial charge < -0.3 is 10.1 Å². The van der Waals surface area contributed by atoms with Crippen LogP contribution in [0.25, 0.3) is 0 Å². The first-order valence-electron chi connectivity index (χ1n) is 5.38. The Morgan fingerprint density at radius 1 is 1.44 bits per heavy atom. The summed E-state index contributed by atoms with van der Waals surface area (Å²) in [5.74, 6) is -2.78. The van der Waals surface area contributed by atoms with Crippen molar-refractivity contribution in [1.82, 2.24) is 5.32 Å². The fourth-order valence-electron chi connectivity index (χ4n) is 2.02. The second-order valence-electron chi connectivity index (χ2n) is 3.96. The summed E-state index contributed by atoms with van der Waals surface area (Å²) in [7, 11) is 1.79. The van der Waals surface area contributed by atoms with Crippen LogP contribution in [0.5, 0.6) is 0 Å². The second-order valence-corrected chi connectivity index (χ2v) is 3.96. The predicted octanol–water partition coefficient (Wildman–Crippen LogP) is 2.46. The van der Waals surface area contributed by atoms with Crippen LogP contribution in [-0.4, -0.2) is 20.2 Å². The number of benzene rings is 1. The normalized spacial score (nSPS) is 23.6. The van der Waals surface area contributed by atoms with Crippen molar-refractivity contribution in [3.8, 4) is 0 Å². The highest BCUT2D eigenvalue weighted by Gasteiger charge is 2.37. The van der Waals surface area contributed by atoms with Gasteiger partial charge in [-0.2, -0.15) is 0 Å². The van der Waals surface area contributed by atoms with Gasteiger partial charge in [0.25, 0.3) is 5.92 Å². The van der Waals surface area contributed by atoms with Crippen LogP contribution < -0.4 is 5.32 Å². The van der Waals surface area contributed by atoms with Gasteiger partial charge in [-0.1, -0.05) is 24.3 Å². The third-order valence-corrected chi connectivity index (χ3v) is 2.83. The lowest BCUT2D eigenvalue weighted by Gasteiger charge is -2.19. The molecule has 0 bridgehead atoms. The van der Waals surface area contributed by atoms with E-state index >= 15 is 0 Å². The summed E-state index contributed by atoms with van der Waals surface area (Å²) in [6.07, 6.45) is -0.529. The van der Waals surface area contributed by atoms with E-state index < -0.39 is 5.92 Å². The molecule has 2 nitrogen and oxygen atoms in total. The molecular formula is C12H15F2NO. The van der Waals surface area contributed by atoms with Crippen LogP contribution in [0.15, 0.2) is 24.3 Å². The van der Waals surface area contributed by atoms with E-state index in [4.69, 9.17) is 4.74 Å². The summed E-state index contributed by atoms with van der Waals surface area (Å²) in [6.45, 7) is 0.640. The third kappa shape index (κ3) is 2.08. The molecule has 0 radical (unpaired) electrons. The van der Waals surface area contributed by atoms with Gasteiger partial charge in [-0.3, -0.25) is 0 Å². The molecule has 0 saturated carbocycles. The lowest BCUT2D eigenvalue weighted by Crippen LogP contribution is -2.20. The highest BCUT2D eigenvalue weighted by molar-refractivity contribution is 5.33. The van der Waals surface area contributed by atoms with Gasteiger partial charge in [-0.15, -0.1) is 0 Å². The molecule has 0 amide bonds. The van der Waals surface area contributed by atoms with E-state index in [1.54, 1.807) is 25.2 Å². The van der Waals surface area contributed by atoms with E-state index in [0.29, 0.717) is 12.1 Å². The van der Waals surface area contributed by atoms with Gasteiger partial charge in [-0.25, -0.2) is 8.78 Å². The van der Waals surface area contributed by atoms with Crippen molar-refractivity contribution in [2.45, 2.75) is 18.4 Å². The number of rotatable bonds is 2. The monoisotopic (exact) mass is 227 g/mol. The van der Waals surface area contributed by atoms with Crippen LogP contribution in [0.4, 0.5) is 8.78 Å². The first-order chi connectivity index (χ1) is 7.65. The van der Waals surface area contributed by atoms with Crippen molar-refractivity contribution in [3.05, 3.63) is 35.4 Å². The molecule has 1 atom stereocenters. The average Bonchev–Trinajstić information content (AvgIpc) is 2.39. The molecule has 1 aromatic rings. The molecule has 1 N–H and O–H groups in total. The summed E-state index contributed by atoms with van der Waals surface area (Å²) < 4.78 is 33.0. The molecule has 0 unspecified atom stereocenters. The number of fused-ring (bicyclic) bond motifs is 1. The topological polar surface area (TPSA) is 21.3 Å². The van der Waals surface area contributed by atoms with E-state index in [-0.39, 0.29) is 24.7 Å². The number of nitrogens with one attached hydrogen (secondary N) is 1. The van der Waals surface area contributed by atoms with E-state index in [1.165, 1.54) is 6.07 Å². The van der Waals surface area contributed by atoms with Crippen LogP contribution in [0.3, 0.4) is 0 Å². The molecule has 1 heterocycles. The maximum Gasteiger partial charge on any atom is 0.275 e. The number of hydrogen-bond acceptors (Lipinski definition) is 2. The highest BCUT2D eigenvalue weighted by Crippen LogP contribution is 2.39. The summed E-state index contributed by atoms with van der Waals surface area (Å²) in [6, 6.07) is 6.63. The van der Waals surface area contributed by atoms with Crippen molar-refractivity contribution in [2.75, 3.05) is 20.2 Å². The smallest absolute Gasteiger partial charge is 0.275 e. The molecule has 0 spiro atoms. The van der Waals surface area contributed by atoms with E-state index in [1.807, 2.05) is 0 Å². The van der Waals surface area contributed by atoms with Crippen molar-refractivity contribution in [1.29, 1.82) is 0 Å². The predicted molar refractivity (Wildman–Crippen MR) is 57.6 cm³/mol. The van der Waals surface area contributed by atoms with Gasteiger partial charge in [0.1, 0.15) is 0 Å². The highest BCUT2D eigenvalue weighted by atomic mass is 19.3. The maximum absolute atomic E-state index is 13.8. The van der Waals surface area contributed by atoms with Crippen LogP contribution in [0.2, 0.25) is 0 Å². The number of halogens is 2.